The van der Waals surface area contributed by atoms with Crippen molar-refractivity contribution in [3.8, 4) is 5.75 Å². The van der Waals surface area contributed by atoms with Gasteiger partial charge in [-0.1, -0.05) is 0 Å². The van der Waals surface area contributed by atoms with E-state index in [0.29, 0.717) is 17.0 Å². The van der Waals surface area contributed by atoms with E-state index < -0.39 is 10.0 Å². The lowest BCUT2D eigenvalue weighted by molar-refractivity contribution is 0.102. The van der Waals surface area contributed by atoms with Crippen LogP contribution in [0.25, 0.3) is 0 Å². The van der Waals surface area contributed by atoms with E-state index in [1.165, 1.54) is 45.7 Å². The van der Waals surface area contributed by atoms with E-state index in [2.05, 4.69) is 5.32 Å². The molecule has 1 aromatic carbocycles. The molecule has 0 saturated carbocycles. The summed E-state index contributed by atoms with van der Waals surface area (Å²) in [5.41, 5.74) is 0.801. The minimum absolute atomic E-state index is 0.0298. The lowest BCUT2D eigenvalue weighted by atomic mass is 10.2. The van der Waals surface area contributed by atoms with Crippen molar-refractivity contribution in [2.24, 2.45) is 0 Å². The second-order valence-electron chi connectivity index (χ2n) is 5.05. The van der Waals surface area contributed by atoms with Crippen LogP contribution in [0.3, 0.4) is 0 Å². The van der Waals surface area contributed by atoms with Crippen LogP contribution in [0.4, 0.5) is 5.69 Å². The summed E-state index contributed by atoms with van der Waals surface area (Å²) in [6.45, 7) is 1.74. The molecule has 8 heteroatoms. The van der Waals surface area contributed by atoms with Crippen LogP contribution in [0, 0.1) is 6.92 Å². The molecule has 0 atom stereocenters. The molecule has 1 heterocycles. The molecule has 0 saturated heterocycles. The maximum atomic E-state index is 12.2. The number of nitrogens with one attached hydrogen (secondary N) is 1. The van der Waals surface area contributed by atoms with Gasteiger partial charge in [-0.15, -0.1) is 0 Å². The Labute approximate surface area is 134 Å². The summed E-state index contributed by atoms with van der Waals surface area (Å²) in [4.78, 5) is 12.1. The number of carbonyl (C=O) groups is 1. The average Bonchev–Trinajstić information content (AvgIpc) is 2.93. The standard InChI is InChI=1S/C15H18N2O5S/c1-10-7-11(9-22-10)15(18)16-12-5-6-14(13(8-12)21-4)23(19,20)17(2)3/h5-9H,1-4H3,(H,16,18). The molecule has 124 valence electrons. The van der Waals surface area contributed by atoms with Gasteiger partial charge in [-0.2, -0.15) is 0 Å². The third-order valence-electron chi connectivity index (χ3n) is 3.17. The summed E-state index contributed by atoms with van der Waals surface area (Å²) in [7, 11) is 0.609. The van der Waals surface area contributed by atoms with E-state index >= 15 is 0 Å². The third-order valence-corrected chi connectivity index (χ3v) is 5.03. The molecule has 1 N–H and O–H groups in total. The van der Waals surface area contributed by atoms with E-state index in [4.69, 9.17) is 9.15 Å². The van der Waals surface area contributed by atoms with Crippen molar-refractivity contribution >= 4 is 21.6 Å². The molecular formula is C15H18N2O5S. The van der Waals surface area contributed by atoms with Crippen molar-refractivity contribution in [1.29, 1.82) is 0 Å². The zero-order valence-corrected chi connectivity index (χ0v) is 14.1. The Kier molecular flexibility index (Phi) is 4.76. The highest BCUT2D eigenvalue weighted by molar-refractivity contribution is 7.89. The van der Waals surface area contributed by atoms with Gasteiger partial charge in [-0.3, -0.25) is 4.79 Å². The highest BCUT2D eigenvalue weighted by Gasteiger charge is 2.22. The Bertz CT molecular complexity index is 824. The summed E-state index contributed by atoms with van der Waals surface area (Å²) >= 11 is 0. The fourth-order valence-electron chi connectivity index (χ4n) is 1.92. The van der Waals surface area contributed by atoms with E-state index in [9.17, 15) is 13.2 Å². The number of benzene rings is 1. The Morgan fingerprint density at radius 1 is 1.26 bits per heavy atom. The Hall–Kier alpha value is -2.32. The number of nitrogens with zero attached hydrogens (tertiary/aromatic N) is 1. The van der Waals surface area contributed by atoms with Gasteiger partial charge in [0.2, 0.25) is 10.0 Å². The van der Waals surface area contributed by atoms with Gasteiger partial charge in [0.1, 0.15) is 22.7 Å². The molecule has 0 aliphatic heterocycles. The van der Waals surface area contributed by atoms with Crippen LogP contribution in [-0.4, -0.2) is 39.8 Å². The molecule has 0 unspecified atom stereocenters. The molecule has 0 fully saturated rings. The summed E-state index contributed by atoms with van der Waals surface area (Å²) in [6, 6.07) is 5.97. The predicted octanol–water partition coefficient (Wildman–Crippen LogP) is 2.10. The molecule has 2 aromatic rings. The molecule has 7 nitrogen and oxygen atoms in total. The van der Waals surface area contributed by atoms with Crippen molar-refractivity contribution in [2.75, 3.05) is 26.5 Å². The average molecular weight is 338 g/mol. The fourth-order valence-corrected chi connectivity index (χ4v) is 2.95. The maximum absolute atomic E-state index is 12.2. The first-order valence-corrected chi connectivity index (χ1v) is 8.16. The molecule has 1 amide bonds. The Balaban J connectivity index is 2.31. The van der Waals surface area contributed by atoms with Crippen molar-refractivity contribution < 1.29 is 22.4 Å². The second-order valence-corrected chi connectivity index (χ2v) is 7.17. The van der Waals surface area contributed by atoms with Gasteiger partial charge in [-0.05, 0) is 25.1 Å². The van der Waals surface area contributed by atoms with Crippen LogP contribution in [0.2, 0.25) is 0 Å². The third kappa shape index (κ3) is 3.54. The molecule has 0 radical (unpaired) electrons. The first-order chi connectivity index (χ1) is 10.8. The lowest BCUT2D eigenvalue weighted by Crippen LogP contribution is -2.23. The lowest BCUT2D eigenvalue weighted by Gasteiger charge is -2.15. The number of rotatable bonds is 5. The highest BCUT2D eigenvalue weighted by Crippen LogP contribution is 2.29. The summed E-state index contributed by atoms with van der Waals surface area (Å²) < 4.78 is 35.8. The van der Waals surface area contributed by atoms with Crippen LogP contribution < -0.4 is 10.1 Å². The number of amides is 1. The van der Waals surface area contributed by atoms with Gasteiger partial charge in [0.15, 0.2) is 0 Å². The number of aryl methyl sites for hydroxylation is 1. The van der Waals surface area contributed by atoms with E-state index in [1.807, 2.05) is 0 Å². The van der Waals surface area contributed by atoms with Crippen LogP contribution in [-0.2, 0) is 10.0 Å². The van der Waals surface area contributed by atoms with Gasteiger partial charge in [0.25, 0.3) is 5.91 Å². The topological polar surface area (TPSA) is 88.8 Å². The number of hydrogen-bond donors (Lipinski definition) is 1. The smallest absolute Gasteiger partial charge is 0.258 e. The van der Waals surface area contributed by atoms with E-state index in [0.717, 1.165) is 4.31 Å². The van der Waals surface area contributed by atoms with Crippen molar-refractivity contribution in [2.45, 2.75) is 11.8 Å². The van der Waals surface area contributed by atoms with Gasteiger partial charge in [-0.25, -0.2) is 12.7 Å². The monoisotopic (exact) mass is 338 g/mol. The van der Waals surface area contributed by atoms with Crippen molar-refractivity contribution in [3.63, 3.8) is 0 Å². The molecule has 0 bridgehead atoms. The number of sulfonamides is 1. The first kappa shape index (κ1) is 17.0. The number of ether oxygens (including phenoxy) is 1. The number of methoxy groups -OCH3 is 1. The van der Waals surface area contributed by atoms with Crippen LogP contribution >= 0.6 is 0 Å². The predicted molar refractivity (Wildman–Crippen MR) is 85.3 cm³/mol. The van der Waals surface area contributed by atoms with Crippen LogP contribution in [0.5, 0.6) is 5.75 Å². The molecule has 23 heavy (non-hydrogen) atoms. The zero-order valence-electron chi connectivity index (χ0n) is 13.3. The minimum Gasteiger partial charge on any atom is -0.495 e. The van der Waals surface area contributed by atoms with Crippen LogP contribution in [0.15, 0.2) is 39.8 Å². The van der Waals surface area contributed by atoms with Gasteiger partial charge < -0.3 is 14.5 Å². The quantitative estimate of drug-likeness (QED) is 0.902. The zero-order chi connectivity index (χ0) is 17.2. The van der Waals surface area contributed by atoms with Crippen molar-refractivity contribution in [3.05, 3.63) is 41.9 Å². The molecule has 0 aliphatic rings. The molecule has 1 aromatic heterocycles. The summed E-state index contributed by atoms with van der Waals surface area (Å²) in [6.07, 6.45) is 1.35. The first-order valence-electron chi connectivity index (χ1n) is 6.72. The molecule has 0 aliphatic carbocycles. The molecular weight excluding hydrogens is 320 g/mol. The van der Waals surface area contributed by atoms with E-state index in [1.54, 1.807) is 13.0 Å². The summed E-state index contributed by atoms with van der Waals surface area (Å²) in [5.74, 6) is 0.423. The Morgan fingerprint density at radius 3 is 2.48 bits per heavy atom. The van der Waals surface area contributed by atoms with Gasteiger partial charge in [0, 0.05) is 25.8 Å². The normalized spacial score (nSPS) is 11.5. The van der Waals surface area contributed by atoms with E-state index in [-0.39, 0.29) is 16.6 Å². The largest absolute Gasteiger partial charge is 0.495 e. The SMILES string of the molecule is COc1cc(NC(=O)c2coc(C)c2)ccc1S(=O)(=O)N(C)C. The molecule has 2 rings (SSSR count). The summed E-state index contributed by atoms with van der Waals surface area (Å²) in [5, 5.41) is 2.67. The number of carbonyl (C=O) groups excluding carboxylic acids is 1. The fraction of sp³-hybridized carbons (Fsp3) is 0.267. The second kappa shape index (κ2) is 6.43. The van der Waals surface area contributed by atoms with Crippen LogP contribution in [0.1, 0.15) is 16.1 Å². The number of hydrogen-bond acceptors (Lipinski definition) is 5. The minimum atomic E-state index is -3.63. The maximum Gasteiger partial charge on any atom is 0.258 e. The van der Waals surface area contributed by atoms with Gasteiger partial charge in [0.05, 0.1) is 12.7 Å². The van der Waals surface area contributed by atoms with Gasteiger partial charge >= 0.3 is 0 Å². The Morgan fingerprint density at radius 2 is 1.96 bits per heavy atom. The highest BCUT2D eigenvalue weighted by atomic mass is 32.2. The molecule has 0 spiro atoms. The van der Waals surface area contributed by atoms with Crippen molar-refractivity contribution in [1.82, 2.24) is 4.31 Å². The number of furan rings is 1. The number of anilines is 1.